The number of likely N-dealkylation sites (N-methyl/N-ethyl adjacent to an activating group) is 1. The minimum Gasteiger partial charge on any atom is -0.494 e. The Kier molecular flexibility index (Phi) is 8.22. The van der Waals surface area contributed by atoms with Crippen LogP contribution < -0.4 is 10.1 Å². The summed E-state index contributed by atoms with van der Waals surface area (Å²) in [6.45, 7) is 7.67. The van der Waals surface area contributed by atoms with E-state index in [1.807, 2.05) is 0 Å². The Balaban J connectivity index is 1.35. The van der Waals surface area contributed by atoms with Crippen LogP contribution in [-0.2, 0) is 37.4 Å². The number of halogens is 1. The molecule has 210 valence electrons. The molecule has 1 N–H and O–H groups in total. The van der Waals surface area contributed by atoms with Gasteiger partial charge in [0.05, 0.1) is 43.4 Å². The molecule has 3 heterocycles. The van der Waals surface area contributed by atoms with E-state index in [-0.39, 0.29) is 30.4 Å². The summed E-state index contributed by atoms with van der Waals surface area (Å²) in [7, 11) is 2.95. The first-order valence-electron chi connectivity index (χ1n) is 13.3. The van der Waals surface area contributed by atoms with Gasteiger partial charge in [-0.05, 0) is 48.7 Å². The van der Waals surface area contributed by atoms with Crippen molar-refractivity contribution in [3.63, 3.8) is 0 Å². The number of rotatable bonds is 10. The molecule has 11 heteroatoms. The van der Waals surface area contributed by atoms with Crippen molar-refractivity contribution in [1.29, 1.82) is 0 Å². The van der Waals surface area contributed by atoms with E-state index in [0.29, 0.717) is 29.2 Å². The average Bonchev–Trinajstić information content (AvgIpc) is 3.57. The van der Waals surface area contributed by atoms with Gasteiger partial charge in [0.15, 0.2) is 11.6 Å². The highest BCUT2D eigenvalue weighted by Crippen LogP contribution is 2.26. The van der Waals surface area contributed by atoms with Crippen LogP contribution in [0.25, 0.3) is 5.69 Å². The summed E-state index contributed by atoms with van der Waals surface area (Å²) >= 11 is 0. The monoisotopic (exact) mass is 547 g/mol. The Labute approximate surface area is 232 Å². The van der Waals surface area contributed by atoms with E-state index in [4.69, 9.17) is 9.47 Å². The number of nitrogens with zero attached hydrogens (tertiary/aromatic N) is 6. The van der Waals surface area contributed by atoms with Crippen molar-refractivity contribution >= 4 is 5.91 Å². The lowest BCUT2D eigenvalue weighted by molar-refractivity contribution is 0.0945. The predicted molar refractivity (Wildman–Crippen MR) is 147 cm³/mol. The van der Waals surface area contributed by atoms with Crippen molar-refractivity contribution in [2.24, 2.45) is 0 Å². The van der Waals surface area contributed by atoms with Gasteiger partial charge in [-0.25, -0.2) is 9.07 Å². The van der Waals surface area contributed by atoms with Crippen molar-refractivity contribution in [3.05, 3.63) is 87.7 Å². The van der Waals surface area contributed by atoms with Crippen LogP contribution in [0.2, 0.25) is 0 Å². The van der Waals surface area contributed by atoms with Gasteiger partial charge in [-0.3, -0.25) is 14.4 Å². The van der Waals surface area contributed by atoms with Crippen molar-refractivity contribution < 1.29 is 18.7 Å². The highest BCUT2D eigenvalue weighted by atomic mass is 19.1. The smallest absolute Gasteiger partial charge is 0.255 e. The number of benzene rings is 2. The largest absolute Gasteiger partial charge is 0.494 e. The van der Waals surface area contributed by atoms with E-state index in [0.717, 1.165) is 31.6 Å². The number of hydrogen-bond donors (Lipinski definition) is 1. The number of ether oxygens (including phenoxy) is 2. The van der Waals surface area contributed by atoms with Crippen LogP contribution in [0.4, 0.5) is 4.39 Å². The zero-order valence-electron chi connectivity index (χ0n) is 23.3. The molecule has 0 saturated carbocycles. The summed E-state index contributed by atoms with van der Waals surface area (Å²) in [6.07, 6.45) is 4.43. The minimum atomic E-state index is -0.573. The van der Waals surface area contributed by atoms with Crippen LogP contribution in [0.15, 0.2) is 42.7 Å². The van der Waals surface area contributed by atoms with Crippen LogP contribution in [-0.4, -0.2) is 62.9 Å². The number of hydrogen-bond acceptors (Lipinski definition) is 7. The molecule has 40 heavy (non-hydrogen) atoms. The number of fused-ring (bicyclic) bond motifs is 1. The van der Waals surface area contributed by atoms with E-state index in [9.17, 15) is 4.79 Å². The number of carbonyl (C=O) groups excluding carboxylic acids is 1. The maximum absolute atomic E-state index is 15.3. The summed E-state index contributed by atoms with van der Waals surface area (Å²) in [5.41, 5.74) is 6.11. The summed E-state index contributed by atoms with van der Waals surface area (Å²) in [5, 5.41) is 15.5. The second-order valence-electron chi connectivity index (χ2n) is 9.91. The third-order valence-electron chi connectivity index (χ3n) is 7.20. The van der Waals surface area contributed by atoms with Gasteiger partial charge in [-0.2, -0.15) is 5.10 Å². The molecule has 0 saturated heterocycles. The molecule has 0 atom stereocenters. The fourth-order valence-electron chi connectivity index (χ4n) is 5.05. The average molecular weight is 548 g/mol. The van der Waals surface area contributed by atoms with Crippen LogP contribution in [0, 0.1) is 12.7 Å². The molecule has 0 spiro atoms. The highest BCUT2D eigenvalue weighted by molar-refractivity contribution is 5.95. The summed E-state index contributed by atoms with van der Waals surface area (Å²) in [6, 6.07) is 9.75. The summed E-state index contributed by atoms with van der Waals surface area (Å²) in [4.78, 5) is 15.8. The lowest BCUT2D eigenvalue weighted by atomic mass is 9.97. The van der Waals surface area contributed by atoms with Gasteiger partial charge in [0, 0.05) is 38.5 Å². The van der Waals surface area contributed by atoms with Crippen LogP contribution in [0.1, 0.15) is 50.9 Å². The van der Waals surface area contributed by atoms with E-state index in [1.54, 1.807) is 37.2 Å². The number of methoxy groups -OCH3 is 2. The fraction of sp³-hybridized carbons (Fsp3) is 0.379. The quantitative estimate of drug-likeness (QED) is 0.325. The molecule has 0 aliphatic carbocycles. The van der Waals surface area contributed by atoms with Gasteiger partial charge in [0.2, 0.25) is 0 Å². The summed E-state index contributed by atoms with van der Waals surface area (Å²) in [5.74, 6) is -0.882. The Bertz CT molecular complexity index is 1510. The molecular weight excluding hydrogens is 513 g/mol. The molecule has 2 aromatic heterocycles. The second-order valence-corrected chi connectivity index (χ2v) is 9.91. The van der Waals surface area contributed by atoms with E-state index in [1.165, 1.54) is 29.0 Å². The van der Waals surface area contributed by atoms with Crippen LogP contribution in [0.5, 0.6) is 5.75 Å². The van der Waals surface area contributed by atoms with E-state index >= 15 is 4.39 Å². The van der Waals surface area contributed by atoms with Gasteiger partial charge in [0.1, 0.15) is 5.69 Å². The van der Waals surface area contributed by atoms with Crippen LogP contribution in [0.3, 0.4) is 0 Å². The van der Waals surface area contributed by atoms with Crippen molar-refractivity contribution in [3.8, 4) is 11.4 Å². The summed E-state index contributed by atoms with van der Waals surface area (Å²) < 4.78 is 29.0. The van der Waals surface area contributed by atoms with Gasteiger partial charge in [0.25, 0.3) is 5.91 Å². The first kappa shape index (κ1) is 27.5. The molecule has 2 aromatic carbocycles. The Hall–Kier alpha value is -4.09. The molecular formula is C29H34FN7O3. The van der Waals surface area contributed by atoms with Crippen molar-refractivity contribution in [1.82, 2.24) is 35.0 Å². The first-order chi connectivity index (χ1) is 19.4. The van der Waals surface area contributed by atoms with Crippen molar-refractivity contribution in [2.75, 3.05) is 27.3 Å². The molecule has 0 unspecified atom stereocenters. The Morgan fingerprint density at radius 3 is 2.73 bits per heavy atom. The van der Waals surface area contributed by atoms with Crippen LogP contribution >= 0.6 is 0 Å². The number of nitrogens with one attached hydrogen (secondary N) is 1. The number of aryl methyl sites for hydroxylation is 1. The molecule has 4 aromatic rings. The third kappa shape index (κ3) is 5.75. The number of amides is 1. The van der Waals surface area contributed by atoms with Gasteiger partial charge in [-0.15, -0.1) is 5.10 Å². The SMILES string of the molecule is CCN1CCc2cc(Cn3cc(C(=O)NCc4c(-n5cc(C)nn5)ccc(OC)c4F)c(COC)n3)ccc2C1. The van der Waals surface area contributed by atoms with Gasteiger partial charge < -0.3 is 14.8 Å². The van der Waals surface area contributed by atoms with Gasteiger partial charge in [-0.1, -0.05) is 30.3 Å². The second kappa shape index (κ2) is 12.0. The molecule has 1 aliphatic rings. The van der Waals surface area contributed by atoms with Crippen molar-refractivity contribution in [2.45, 2.75) is 46.5 Å². The van der Waals surface area contributed by atoms with E-state index in [2.05, 4.69) is 50.8 Å². The zero-order chi connectivity index (χ0) is 28.2. The maximum atomic E-state index is 15.3. The number of aromatic nitrogens is 5. The molecule has 10 nitrogen and oxygen atoms in total. The molecule has 1 amide bonds. The minimum absolute atomic E-state index is 0.0742. The first-order valence-corrected chi connectivity index (χ1v) is 13.3. The molecule has 0 radical (unpaired) electrons. The Morgan fingerprint density at radius 1 is 1.15 bits per heavy atom. The highest BCUT2D eigenvalue weighted by Gasteiger charge is 2.21. The molecule has 0 fully saturated rings. The molecule has 0 bridgehead atoms. The topological polar surface area (TPSA) is 99.3 Å². The molecule has 5 rings (SSSR count). The molecule has 1 aliphatic heterocycles. The fourth-order valence-corrected chi connectivity index (χ4v) is 5.05. The third-order valence-corrected chi connectivity index (χ3v) is 7.20. The lowest BCUT2D eigenvalue weighted by Gasteiger charge is -2.27. The normalized spacial score (nSPS) is 13.3. The van der Waals surface area contributed by atoms with Gasteiger partial charge >= 0.3 is 0 Å². The maximum Gasteiger partial charge on any atom is 0.255 e. The standard InChI is InChI=1S/C29H34FN7O3/c1-5-35-11-10-21-12-20(6-7-22(21)16-35)15-36-17-24(25(33-36)18-39-3)29(38)31-13-23-26(37-14-19(2)32-34-37)8-9-27(40-4)28(23)30/h6-9,12,14,17H,5,10-11,13,15-16,18H2,1-4H3,(H,31,38). The lowest BCUT2D eigenvalue weighted by Crippen LogP contribution is -2.30. The van der Waals surface area contributed by atoms with E-state index < -0.39 is 5.82 Å². The Morgan fingerprint density at radius 2 is 2.00 bits per heavy atom. The predicted octanol–water partition coefficient (Wildman–Crippen LogP) is 3.42. The zero-order valence-corrected chi connectivity index (χ0v) is 23.3. The number of carbonyl (C=O) groups is 1.